The van der Waals surface area contributed by atoms with E-state index in [1.165, 1.54) is 49.7 Å². The van der Waals surface area contributed by atoms with Crippen molar-refractivity contribution < 1.29 is 28.2 Å². The summed E-state index contributed by atoms with van der Waals surface area (Å²) in [5.41, 5.74) is 2.50. The largest absolute Gasteiger partial charge is 0.493 e. The van der Waals surface area contributed by atoms with E-state index in [4.69, 9.17) is 21.1 Å². The maximum atomic E-state index is 13.6. The van der Waals surface area contributed by atoms with Gasteiger partial charge in [0, 0.05) is 6.54 Å². The lowest BCUT2D eigenvalue weighted by atomic mass is 10.2. The van der Waals surface area contributed by atoms with E-state index in [2.05, 4.69) is 27.7 Å². The lowest BCUT2D eigenvalue weighted by Gasteiger charge is -2.13. The second kappa shape index (κ2) is 12.1. The van der Waals surface area contributed by atoms with Crippen LogP contribution in [0.5, 0.6) is 11.5 Å². The van der Waals surface area contributed by atoms with Crippen LogP contribution < -0.4 is 25.5 Å². The SMILES string of the molecule is C=CCNC(=O)C(=O)N/N=C\c1cc(Cl)c(OCC(=O)Nc2ccccc2F)c(OC)c1. The molecule has 0 aliphatic rings. The van der Waals surface area contributed by atoms with Crippen LogP contribution in [0.2, 0.25) is 5.02 Å². The summed E-state index contributed by atoms with van der Waals surface area (Å²) in [7, 11) is 1.37. The minimum Gasteiger partial charge on any atom is -0.493 e. The van der Waals surface area contributed by atoms with Crippen molar-refractivity contribution in [2.24, 2.45) is 5.10 Å². The molecule has 0 fully saturated rings. The number of rotatable bonds is 9. The van der Waals surface area contributed by atoms with Crippen molar-refractivity contribution in [3.63, 3.8) is 0 Å². The van der Waals surface area contributed by atoms with Gasteiger partial charge in [-0.15, -0.1) is 6.58 Å². The van der Waals surface area contributed by atoms with Crippen LogP contribution in [0.4, 0.5) is 10.1 Å². The predicted octanol–water partition coefficient (Wildman–Crippen LogP) is 2.26. The zero-order valence-electron chi connectivity index (χ0n) is 17.0. The molecular weight excluding hydrogens is 443 g/mol. The number of carbonyl (C=O) groups excluding carboxylic acids is 3. The monoisotopic (exact) mass is 462 g/mol. The van der Waals surface area contributed by atoms with Crippen molar-refractivity contribution in [2.45, 2.75) is 0 Å². The summed E-state index contributed by atoms with van der Waals surface area (Å²) in [5.74, 6) is -2.73. The molecule has 2 aromatic carbocycles. The Morgan fingerprint density at radius 3 is 2.66 bits per heavy atom. The Balaban J connectivity index is 2.01. The Labute approximate surface area is 188 Å². The van der Waals surface area contributed by atoms with E-state index < -0.39 is 30.1 Å². The number of ether oxygens (including phenoxy) is 2. The molecule has 0 unspecified atom stereocenters. The third kappa shape index (κ3) is 7.10. The van der Waals surface area contributed by atoms with Crippen LogP contribution in [0.15, 0.2) is 54.2 Å². The number of carbonyl (C=O) groups is 3. The molecule has 0 aliphatic heterocycles. The number of para-hydroxylation sites is 1. The molecule has 0 spiro atoms. The number of nitrogens with one attached hydrogen (secondary N) is 3. The van der Waals surface area contributed by atoms with Gasteiger partial charge in [0.1, 0.15) is 5.82 Å². The molecule has 0 atom stereocenters. The highest BCUT2D eigenvalue weighted by atomic mass is 35.5. The number of hydrazone groups is 1. The van der Waals surface area contributed by atoms with Gasteiger partial charge in [-0.3, -0.25) is 14.4 Å². The summed E-state index contributed by atoms with van der Waals surface area (Å²) in [6.45, 7) is 3.11. The number of nitrogens with zero attached hydrogens (tertiary/aromatic N) is 1. The lowest BCUT2D eigenvalue weighted by Crippen LogP contribution is -2.37. The van der Waals surface area contributed by atoms with E-state index in [1.807, 2.05) is 0 Å². The van der Waals surface area contributed by atoms with E-state index in [0.29, 0.717) is 5.56 Å². The molecule has 168 valence electrons. The zero-order valence-corrected chi connectivity index (χ0v) is 17.7. The normalized spacial score (nSPS) is 10.3. The van der Waals surface area contributed by atoms with Crippen LogP contribution in [0.3, 0.4) is 0 Å². The molecule has 9 nitrogen and oxygen atoms in total. The summed E-state index contributed by atoms with van der Waals surface area (Å²) in [6, 6.07) is 8.64. The molecule has 0 heterocycles. The number of anilines is 1. The predicted molar refractivity (Wildman–Crippen MR) is 117 cm³/mol. The second-order valence-corrected chi connectivity index (χ2v) is 6.46. The van der Waals surface area contributed by atoms with Crippen LogP contribution in [0, 0.1) is 5.82 Å². The fraction of sp³-hybridized carbons (Fsp3) is 0.143. The molecule has 0 bridgehead atoms. The first kappa shape index (κ1) is 24.4. The summed E-state index contributed by atoms with van der Waals surface area (Å²) < 4.78 is 24.3. The summed E-state index contributed by atoms with van der Waals surface area (Å²) in [4.78, 5) is 35.1. The maximum Gasteiger partial charge on any atom is 0.329 e. The summed E-state index contributed by atoms with van der Waals surface area (Å²) >= 11 is 6.21. The molecule has 11 heteroatoms. The maximum absolute atomic E-state index is 13.6. The van der Waals surface area contributed by atoms with Crippen LogP contribution in [0.1, 0.15) is 5.56 Å². The summed E-state index contributed by atoms with van der Waals surface area (Å²) in [5, 5.41) is 8.47. The molecule has 0 radical (unpaired) electrons. The summed E-state index contributed by atoms with van der Waals surface area (Å²) in [6.07, 6.45) is 2.66. The molecule has 2 aromatic rings. The smallest absolute Gasteiger partial charge is 0.329 e. The molecule has 32 heavy (non-hydrogen) atoms. The van der Waals surface area contributed by atoms with Gasteiger partial charge in [0.25, 0.3) is 5.91 Å². The Bertz CT molecular complexity index is 1040. The van der Waals surface area contributed by atoms with Crippen molar-refractivity contribution in [1.82, 2.24) is 10.7 Å². The minimum atomic E-state index is -0.956. The van der Waals surface area contributed by atoms with E-state index in [-0.39, 0.29) is 28.8 Å². The minimum absolute atomic E-state index is 0.0194. The van der Waals surface area contributed by atoms with E-state index in [9.17, 15) is 18.8 Å². The van der Waals surface area contributed by atoms with Crippen LogP contribution in [-0.4, -0.2) is 44.2 Å². The molecule has 0 aromatic heterocycles. The van der Waals surface area contributed by atoms with E-state index in [1.54, 1.807) is 6.07 Å². The quantitative estimate of drug-likeness (QED) is 0.229. The van der Waals surface area contributed by atoms with Crippen molar-refractivity contribution >= 4 is 41.2 Å². The van der Waals surface area contributed by atoms with Gasteiger partial charge in [-0.2, -0.15) is 5.10 Å². The van der Waals surface area contributed by atoms with Crippen LogP contribution >= 0.6 is 11.6 Å². The Morgan fingerprint density at radius 1 is 1.22 bits per heavy atom. The highest BCUT2D eigenvalue weighted by Gasteiger charge is 2.15. The zero-order chi connectivity index (χ0) is 23.5. The van der Waals surface area contributed by atoms with Crippen molar-refractivity contribution in [2.75, 3.05) is 25.6 Å². The van der Waals surface area contributed by atoms with Crippen LogP contribution in [-0.2, 0) is 14.4 Å². The second-order valence-electron chi connectivity index (χ2n) is 6.05. The highest BCUT2D eigenvalue weighted by molar-refractivity contribution is 6.35. The third-order valence-corrected chi connectivity index (χ3v) is 4.02. The van der Waals surface area contributed by atoms with Gasteiger partial charge in [0.15, 0.2) is 18.1 Å². The number of methoxy groups -OCH3 is 1. The Hall–Kier alpha value is -3.92. The third-order valence-electron chi connectivity index (χ3n) is 3.74. The van der Waals surface area contributed by atoms with Gasteiger partial charge in [0.2, 0.25) is 0 Å². The topological polar surface area (TPSA) is 118 Å². The first-order valence-corrected chi connectivity index (χ1v) is 9.50. The average molecular weight is 463 g/mol. The number of hydrogen-bond donors (Lipinski definition) is 3. The fourth-order valence-electron chi connectivity index (χ4n) is 2.30. The van der Waals surface area contributed by atoms with Gasteiger partial charge < -0.3 is 20.1 Å². The standard InChI is InChI=1S/C21H20ClFN4O5/c1-3-8-24-20(29)21(30)27-25-11-13-9-14(22)19(17(10-13)31-2)32-12-18(28)26-16-7-5-4-6-15(16)23/h3-7,9-11H,1,8,12H2,2H3,(H,24,29)(H,26,28)(H,27,30)/b25-11-. The number of halogens is 2. The number of benzene rings is 2. The van der Waals surface area contributed by atoms with Gasteiger partial charge in [-0.25, -0.2) is 9.82 Å². The fourth-order valence-corrected chi connectivity index (χ4v) is 2.58. The van der Waals surface area contributed by atoms with Crippen molar-refractivity contribution in [1.29, 1.82) is 0 Å². The van der Waals surface area contributed by atoms with E-state index >= 15 is 0 Å². The highest BCUT2D eigenvalue weighted by Crippen LogP contribution is 2.36. The average Bonchev–Trinajstić information content (AvgIpc) is 2.77. The van der Waals surface area contributed by atoms with Crippen LogP contribution in [0.25, 0.3) is 0 Å². The molecular formula is C21H20ClFN4O5. The number of hydrogen-bond acceptors (Lipinski definition) is 6. The first-order valence-electron chi connectivity index (χ1n) is 9.12. The van der Waals surface area contributed by atoms with Gasteiger partial charge in [0.05, 0.1) is 24.0 Å². The molecule has 0 saturated heterocycles. The van der Waals surface area contributed by atoms with Crippen molar-refractivity contribution in [3.8, 4) is 11.5 Å². The van der Waals surface area contributed by atoms with Gasteiger partial charge in [-0.1, -0.05) is 29.8 Å². The number of amides is 3. The lowest BCUT2D eigenvalue weighted by molar-refractivity contribution is -0.139. The van der Waals surface area contributed by atoms with Gasteiger partial charge in [-0.05, 0) is 29.8 Å². The Morgan fingerprint density at radius 2 is 1.97 bits per heavy atom. The van der Waals surface area contributed by atoms with E-state index in [0.717, 1.165) is 0 Å². The van der Waals surface area contributed by atoms with Crippen molar-refractivity contribution in [3.05, 3.63) is 65.5 Å². The Kier molecular flexibility index (Phi) is 9.18. The molecule has 0 saturated carbocycles. The first-order chi connectivity index (χ1) is 15.3. The van der Waals surface area contributed by atoms with Gasteiger partial charge >= 0.3 is 11.8 Å². The molecule has 3 N–H and O–H groups in total. The molecule has 0 aliphatic carbocycles. The molecule has 3 amide bonds. The molecule has 2 rings (SSSR count).